The van der Waals surface area contributed by atoms with Crippen molar-refractivity contribution in [3.63, 3.8) is 0 Å². The van der Waals surface area contributed by atoms with Crippen molar-refractivity contribution in [1.29, 1.82) is 0 Å². The van der Waals surface area contributed by atoms with Gasteiger partial charge in [0.2, 0.25) is 0 Å². The third kappa shape index (κ3) is 4.21. The zero-order chi connectivity index (χ0) is 24.8. The number of fused-ring (bicyclic) bond motifs is 1. The van der Waals surface area contributed by atoms with Gasteiger partial charge in [-0.1, -0.05) is 25.1 Å². The average molecular weight is 480 g/mol. The summed E-state index contributed by atoms with van der Waals surface area (Å²) in [6, 6.07) is 15.7. The number of carbonyl (C=O) groups is 1. The number of halogens is 1. The van der Waals surface area contributed by atoms with Gasteiger partial charge in [0.25, 0.3) is 5.91 Å². The number of hydrogen-bond donors (Lipinski definition) is 2. The number of hydrogen-bond acceptors (Lipinski definition) is 5. The molecule has 0 saturated heterocycles. The lowest BCUT2D eigenvalue weighted by Gasteiger charge is -2.23. The molecule has 1 unspecified atom stereocenters. The molecular weight excluding hydrogens is 453 g/mol. The van der Waals surface area contributed by atoms with Crippen LogP contribution in [0, 0.1) is 12.7 Å². The summed E-state index contributed by atoms with van der Waals surface area (Å²) in [5, 5.41) is 5.95. The minimum absolute atomic E-state index is 0.0846. The van der Waals surface area contributed by atoms with Gasteiger partial charge in [-0.25, -0.2) is 14.4 Å². The Hall–Kier alpha value is -4.13. The Labute approximate surface area is 209 Å². The van der Waals surface area contributed by atoms with Crippen molar-refractivity contribution in [3.05, 3.63) is 89.1 Å². The van der Waals surface area contributed by atoms with E-state index in [1.807, 2.05) is 37.4 Å². The maximum absolute atomic E-state index is 14.6. The van der Waals surface area contributed by atoms with Crippen molar-refractivity contribution in [1.82, 2.24) is 20.3 Å². The van der Waals surface area contributed by atoms with Crippen LogP contribution in [0.4, 0.5) is 15.9 Å². The van der Waals surface area contributed by atoms with Crippen LogP contribution in [0.3, 0.4) is 0 Å². The van der Waals surface area contributed by atoms with E-state index in [-0.39, 0.29) is 17.6 Å². The first kappa shape index (κ1) is 22.3. The molecule has 1 aliphatic heterocycles. The summed E-state index contributed by atoms with van der Waals surface area (Å²) in [4.78, 5) is 25.5. The van der Waals surface area contributed by atoms with E-state index in [2.05, 4.69) is 44.6 Å². The molecule has 1 amide bonds. The smallest absolute Gasteiger partial charge is 0.251 e. The van der Waals surface area contributed by atoms with Gasteiger partial charge in [-0.2, -0.15) is 0 Å². The normalized spacial score (nSPS) is 16.9. The number of aromatic nitrogens is 3. The fraction of sp³-hybridized carbons (Fsp3) is 0.241. The van der Waals surface area contributed by atoms with E-state index in [9.17, 15) is 9.18 Å². The number of aryl methyl sites for hydroxylation is 1. The standard InChI is InChI=1S/C29H26FN5O/c1-16-11-19(5-8-22(16)20-6-10-26(31-14-20)18-3-4-18)27-32-15-25(30)28(35-27)34-21-7-9-23-24(12-21)17(2)13-33-29(23)36/h5-12,14-15,17-18H,3-4,13H2,1-2H3,(H,33,36)(H,32,34,35). The van der Waals surface area contributed by atoms with Gasteiger partial charge < -0.3 is 10.6 Å². The number of pyridine rings is 1. The van der Waals surface area contributed by atoms with Crippen LogP contribution in [0.25, 0.3) is 22.5 Å². The number of rotatable bonds is 5. The topological polar surface area (TPSA) is 79.8 Å². The first-order valence-electron chi connectivity index (χ1n) is 12.3. The van der Waals surface area contributed by atoms with Crippen LogP contribution in [0.5, 0.6) is 0 Å². The fourth-order valence-electron chi connectivity index (χ4n) is 4.75. The Morgan fingerprint density at radius 3 is 2.53 bits per heavy atom. The van der Waals surface area contributed by atoms with Crippen molar-refractivity contribution in [3.8, 4) is 22.5 Å². The molecular formula is C29H26FN5O. The second-order valence-corrected chi connectivity index (χ2v) is 9.70. The second-order valence-electron chi connectivity index (χ2n) is 9.70. The van der Waals surface area contributed by atoms with Crippen molar-refractivity contribution in [2.75, 3.05) is 11.9 Å². The summed E-state index contributed by atoms with van der Waals surface area (Å²) >= 11 is 0. The van der Waals surface area contributed by atoms with Crippen LogP contribution < -0.4 is 10.6 Å². The molecule has 1 saturated carbocycles. The van der Waals surface area contributed by atoms with Crippen LogP contribution in [0.1, 0.15) is 58.8 Å². The van der Waals surface area contributed by atoms with Crippen molar-refractivity contribution in [2.45, 2.75) is 38.5 Å². The van der Waals surface area contributed by atoms with Gasteiger partial charge in [0.1, 0.15) is 0 Å². The predicted molar refractivity (Wildman–Crippen MR) is 138 cm³/mol. The molecule has 180 valence electrons. The molecule has 2 aliphatic rings. The molecule has 2 N–H and O–H groups in total. The molecule has 2 aromatic carbocycles. The molecule has 1 fully saturated rings. The minimum atomic E-state index is -0.544. The largest absolute Gasteiger partial charge is 0.351 e. The van der Waals surface area contributed by atoms with Crippen LogP contribution in [0.15, 0.2) is 60.9 Å². The van der Waals surface area contributed by atoms with E-state index < -0.39 is 5.82 Å². The highest BCUT2D eigenvalue weighted by atomic mass is 19.1. The molecule has 6 rings (SSSR count). The molecule has 36 heavy (non-hydrogen) atoms. The van der Waals surface area contributed by atoms with Crippen LogP contribution in [-0.2, 0) is 0 Å². The molecule has 2 aromatic heterocycles. The molecule has 3 heterocycles. The number of nitrogens with one attached hydrogen (secondary N) is 2. The molecule has 6 nitrogen and oxygen atoms in total. The highest BCUT2D eigenvalue weighted by Gasteiger charge is 2.25. The Balaban J connectivity index is 1.27. The Morgan fingerprint density at radius 1 is 0.972 bits per heavy atom. The van der Waals surface area contributed by atoms with Gasteiger partial charge >= 0.3 is 0 Å². The summed E-state index contributed by atoms with van der Waals surface area (Å²) < 4.78 is 14.6. The molecule has 1 aliphatic carbocycles. The Kier molecular flexibility index (Phi) is 5.48. The minimum Gasteiger partial charge on any atom is -0.351 e. The van der Waals surface area contributed by atoms with E-state index in [1.165, 1.54) is 24.7 Å². The summed E-state index contributed by atoms with van der Waals surface area (Å²) in [6.45, 7) is 4.67. The van der Waals surface area contributed by atoms with Gasteiger partial charge in [0.15, 0.2) is 17.5 Å². The molecule has 0 spiro atoms. The van der Waals surface area contributed by atoms with E-state index in [1.54, 1.807) is 12.1 Å². The maximum Gasteiger partial charge on any atom is 0.251 e. The number of nitrogens with zero attached hydrogens (tertiary/aromatic N) is 3. The SMILES string of the molecule is Cc1cc(-c2ncc(F)c(Nc3ccc4c(c3)C(C)CNC4=O)n2)ccc1-c1ccc(C2CC2)nc1. The quantitative estimate of drug-likeness (QED) is 0.360. The maximum atomic E-state index is 14.6. The van der Waals surface area contributed by atoms with E-state index in [0.29, 0.717) is 29.5 Å². The zero-order valence-corrected chi connectivity index (χ0v) is 20.2. The second kappa shape index (κ2) is 8.82. The van der Waals surface area contributed by atoms with E-state index in [0.717, 1.165) is 27.8 Å². The molecule has 7 heteroatoms. The first-order valence-corrected chi connectivity index (χ1v) is 12.3. The van der Waals surface area contributed by atoms with Crippen LogP contribution in [-0.4, -0.2) is 27.4 Å². The third-order valence-corrected chi connectivity index (χ3v) is 6.98. The molecule has 4 aromatic rings. The van der Waals surface area contributed by atoms with Crippen molar-refractivity contribution in [2.24, 2.45) is 0 Å². The van der Waals surface area contributed by atoms with Crippen molar-refractivity contribution >= 4 is 17.4 Å². The lowest BCUT2D eigenvalue weighted by Crippen LogP contribution is -2.33. The summed E-state index contributed by atoms with van der Waals surface area (Å²) in [7, 11) is 0. The third-order valence-electron chi connectivity index (χ3n) is 6.98. The molecule has 0 bridgehead atoms. The van der Waals surface area contributed by atoms with Gasteiger partial charge in [-0.05, 0) is 72.7 Å². The summed E-state index contributed by atoms with van der Waals surface area (Å²) in [5.41, 5.74) is 7.47. The van der Waals surface area contributed by atoms with Crippen molar-refractivity contribution < 1.29 is 9.18 Å². The van der Waals surface area contributed by atoms with E-state index >= 15 is 0 Å². The van der Waals surface area contributed by atoms with Gasteiger partial charge in [-0.3, -0.25) is 9.78 Å². The highest BCUT2D eigenvalue weighted by Crippen LogP contribution is 2.39. The molecule has 0 radical (unpaired) electrons. The first-order chi connectivity index (χ1) is 17.5. The number of anilines is 2. The van der Waals surface area contributed by atoms with Gasteiger partial charge in [0, 0.05) is 46.7 Å². The number of carbonyl (C=O) groups excluding carboxylic acids is 1. The number of amides is 1. The Bertz CT molecular complexity index is 1480. The van der Waals surface area contributed by atoms with E-state index in [4.69, 9.17) is 0 Å². The van der Waals surface area contributed by atoms with Gasteiger partial charge in [-0.15, -0.1) is 0 Å². The number of benzene rings is 2. The van der Waals surface area contributed by atoms with Gasteiger partial charge in [0.05, 0.1) is 6.20 Å². The predicted octanol–water partition coefficient (Wildman–Crippen LogP) is 6.12. The average Bonchev–Trinajstić information content (AvgIpc) is 3.74. The van der Waals surface area contributed by atoms with Crippen LogP contribution in [0.2, 0.25) is 0 Å². The zero-order valence-electron chi connectivity index (χ0n) is 20.2. The monoisotopic (exact) mass is 479 g/mol. The summed E-state index contributed by atoms with van der Waals surface area (Å²) in [5.74, 6) is 0.698. The fourth-order valence-corrected chi connectivity index (χ4v) is 4.75. The Morgan fingerprint density at radius 2 is 1.78 bits per heavy atom. The lowest BCUT2D eigenvalue weighted by molar-refractivity contribution is 0.0941. The molecule has 1 atom stereocenters. The highest BCUT2D eigenvalue weighted by molar-refractivity contribution is 5.97. The lowest BCUT2D eigenvalue weighted by atomic mass is 9.91. The summed E-state index contributed by atoms with van der Waals surface area (Å²) in [6.07, 6.45) is 5.59. The van der Waals surface area contributed by atoms with Crippen LogP contribution >= 0.6 is 0 Å².